The fraction of sp³-hybridized carbons (Fsp3) is 0.400. The van der Waals surface area contributed by atoms with E-state index in [1.165, 1.54) is 0 Å². The van der Waals surface area contributed by atoms with Gasteiger partial charge in [0.1, 0.15) is 16.0 Å². The first kappa shape index (κ1) is 14.6. The van der Waals surface area contributed by atoms with Crippen LogP contribution in [0.15, 0.2) is 16.6 Å². The van der Waals surface area contributed by atoms with Crippen molar-refractivity contribution in [1.82, 2.24) is 0 Å². The van der Waals surface area contributed by atoms with Gasteiger partial charge in [-0.3, -0.25) is 0 Å². The molecule has 86 valence electrons. The van der Waals surface area contributed by atoms with Crippen LogP contribution in [0.1, 0.15) is 5.56 Å². The summed E-state index contributed by atoms with van der Waals surface area (Å²) >= 11 is 6.86. The Kier molecular flexibility index (Phi) is 7.64. The second-order valence-electron chi connectivity index (χ2n) is 2.47. The van der Waals surface area contributed by atoms with Crippen LogP contribution in [0, 0.1) is 0 Å². The standard InChI is InChI=1S/C9H11BrO3.CH4S/c1-12-7-3-6(5-11)4-8(13-2)9(7)10;1-2/h3-4,11H,5H2,1-2H3;2H,1H3. The predicted molar refractivity (Wildman–Crippen MR) is 68.1 cm³/mol. The van der Waals surface area contributed by atoms with Crippen LogP contribution in [0.4, 0.5) is 0 Å². The zero-order chi connectivity index (χ0) is 11.8. The third-order valence-electron chi connectivity index (χ3n) is 1.69. The van der Waals surface area contributed by atoms with E-state index in [1.807, 2.05) is 0 Å². The molecule has 0 amide bonds. The van der Waals surface area contributed by atoms with E-state index in [9.17, 15) is 0 Å². The van der Waals surface area contributed by atoms with Gasteiger partial charge in [-0.15, -0.1) is 0 Å². The Morgan fingerprint density at radius 1 is 1.20 bits per heavy atom. The highest BCUT2D eigenvalue weighted by Crippen LogP contribution is 2.35. The molecule has 0 radical (unpaired) electrons. The van der Waals surface area contributed by atoms with Crippen LogP contribution in [0.5, 0.6) is 11.5 Å². The molecule has 0 saturated carbocycles. The van der Waals surface area contributed by atoms with Crippen LogP contribution in [0.2, 0.25) is 0 Å². The van der Waals surface area contributed by atoms with Crippen molar-refractivity contribution in [1.29, 1.82) is 0 Å². The number of thiol groups is 1. The van der Waals surface area contributed by atoms with Gasteiger partial charge >= 0.3 is 0 Å². The van der Waals surface area contributed by atoms with Gasteiger partial charge in [0.05, 0.1) is 20.8 Å². The van der Waals surface area contributed by atoms with Crippen molar-refractivity contribution in [2.75, 3.05) is 20.5 Å². The van der Waals surface area contributed by atoms with Crippen LogP contribution in [0.3, 0.4) is 0 Å². The van der Waals surface area contributed by atoms with Gasteiger partial charge in [0.25, 0.3) is 0 Å². The number of rotatable bonds is 3. The summed E-state index contributed by atoms with van der Waals surface area (Å²) in [5, 5.41) is 8.94. The van der Waals surface area contributed by atoms with Crippen molar-refractivity contribution < 1.29 is 14.6 Å². The largest absolute Gasteiger partial charge is 0.495 e. The Bertz CT molecular complexity index is 280. The van der Waals surface area contributed by atoms with Crippen molar-refractivity contribution >= 4 is 28.6 Å². The van der Waals surface area contributed by atoms with Crippen molar-refractivity contribution in [3.05, 3.63) is 22.2 Å². The van der Waals surface area contributed by atoms with E-state index in [1.54, 1.807) is 32.6 Å². The van der Waals surface area contributed by atoms with Gasteiger partial charge in [0.2, 0.25) is 0 Å². The van der Waals surface area contributed by atoms with Crippen LogP contribution in [-0.4, -0.2) is 25.6 Å². The lowest BCUT2D eigenvalue weighted by molar-refractivity contribution is 0.280. The number of halogens is 1. The smallest absolute Gasteiger partial charge is 0.137 e. The summed E-state index contributed by atoms with van der Waals surface area (Å²) in [4.78, 5) is 0. The third kappa shape index (κ3) is 3.93. The number of hydrogen-bond acceptors (Lipinski definition) is 4. The second kappa shape index (κ2) is 7.84. The summed E-state index contributed by atoms with van der Waals surface area (Å²) in [6, 6.07) is 3.51. The zero-order valence-corrected chi connectivity index (χ0v) is 11.4. The summed E-state index contributed by atoms with van der Waals surface area (Å²) in [7, 11) is 3.14. The van der Waals surface area contributed by atoms with Gasteiger partial charge in [-0.2, -0.15) is 12.6 Å². The van der Waals surface area contributed by atoms with Crippen molar-refractivity contribution in [3.8, 4) is 11.5 Å². The maximum absolute atomic E-state index is 8.94. The van der Waals surface area contributed by atoms with Crippen LogP contribution in [0.25, 0.3) is 0 Å². The Labute approximate surface area is 104 Å². The molecule has 3 nitrogen and oxygen atoms in total. The van der Waals surface area contributed by atoms with Gasteiger partial charge in [-0.25, -0.2) is 0 Å². The first-order valence-electron chi connectivity index (χ1n) is 4.19. The third-order valence-corrected chi connectivity index (χ3v) is 2.47. The van der Waals surface area contributed by atoms with Crippen molar-refractivity contribution in [2.24, 2.45) is 0 Å². The number of aliphatic hydroxyl groups is 1. The fourth-order valence-corrected chi connectivity index (χ4v) is 1.57. The number of aliphatic hydroxyl groups excluding tert-OH is 1. The normalized spacial score (nSPS) is 8.93. The summed E-state index contributed by atoms with van der Waals surface area (Å²) in [5.41, 5.74) is 0.761. The average molecular weight is 295 g/mol. The van der Waals surface area contributed by atoms with E-state index in [2.05, 4.69) is 28.6 Å². The summed E-state index contributed by atoms with van der Waals surface area (Å²) in [6.45, 7) is -0.0278. The van der Waals surface area contributed by atoms with Crippen molar-refractivity contribution in [2.45, 2.75) is 6.61 Å². The fourth-order valence-electron chi connectivity index (χ4n) is 1.01. The van der Waals surface area contributed by atoms with Gasteiger partial charge in [-0.05, 0) is 39.9 Å². The molecule has 0 heterocycles. The second-order valence-corrected chi connectivity index (χ2v) is 3.27. The molecule has 1 aromatic carbocycles. The lowest BCUT2D eigenvalue weighted by Crippen LogP contribution is -1.93. The lowest BCUT2D eigenvalue weighted by Gasteiger charge is -2.09. The number of ether oxygens (including phenoxy) is 2. The number of benzene rings is 1. The van der Waals surface area contributed by atoms with E-state index in [0.717, 1.165) is 10.0 Å². The van der Waals surface area contributed by atoms with Crippen LogP contribution >= 0.6 is 28.6 Å². The van der Waals surface area contributed by atoms with Crippen LogP contribution in [-0.2, 0) is 6.61 Å². The van der Waals surface area contributed by atoms with E-state index in [-0.39, 0.29) is 6.61 Å². The zero-order valence-electron chi connectivity index (χ0n) is 8.95. The molecule has 0 atom stereocenters. The molecule has 15 heavy (non-hydrogen) atoms. The maximum Gasteiger partial charge on any atom is 0.137 e. The molecule has 0 aromatic heterocycles. The summed E-state index contributed by atoms with van der Waals surface area (Å²) < 4.78 is 10.9. The summed E-state index contributed by atoms with van der Waals surface area (Å²) in [6.07, 6.45) is 1.69. The maximum atomic E-state index is 8.94. The molecule has 0 spiro atoms. The number of hydrogen-bond donors (Lipinski definition) is 2. The monoisotopic (exact) mass is 294 g/mol. The van der Waals surface area contributed by atoms with E-state index in [4.69, 9.17) is 14.6 Å². The summed E-state index contributed by atoms with van der Waals surface area (Å²) in [5.74, 6) is 1.31. The Morgan fingerprint density at radius 2 is 1.60 bits per heavy atom. The predicted octanol–water partition coefficient (Wildman–Crippen LogP) is 2.50. The highest BCUT2D eigenvalue weighted by Gasteiger charge is 2.08. The minimum Gasteiger partial charge on any atom is -0.495 e. The molecule has 0 unspecified atom stereocenters. The van der Waals surface area contributed by atoms with Crippen LogP contribution < -0.4 is 9.47 Å². The minimum atomic E-state index is -0.0278. The molecule has 0 bridgehead atoms. The highest BCUT2D eigenvalue weighted by atomic mass is 79.9. The van der Waals surface area contributed by atoms with Gasteiger partial charge < -0.3 is 14.6 Å². The highest BCUT2D eigenvalue weighted by molar-refractivity contribution is 9.10. The van der Waals surface area contributed by atoms with E-state index >= 15 is 0 Å². The van der Waals surface area contributed by atoms with Gasteiger partial charge in [0.15, 0.2) is 0 Å². The molecule has 1 rings (SSSR count). The van der Waals surface area contributed by atoms with Gasteiger partial charge in [0, 0.05) is 0 Å². The van der Waals surface area contributed by atoms with Crippen molar-refractivity contribution in [3.63, 3.8) is 0 Å². The topological polar surface area (TPSA) is 38.7 Å². The molecular formula is C10H15BrO3S. The average Bonchev–Trinajstić information content (AvgIpc) is 2.32. The SMILES string of the molecule is COc1cc(CO)cc(OC)c1Br.CS. The molecule has 1 N–H and O–H groups in total. The quantitative estimate of drug-likeness (QED) is 0.842. The molecule has 1 aromatic rings. The molecule has 0 aliphatic rings. The van der Waals surface area contributed by atoms with E-state index < -0.39 is 0 Å². The molecule has 0 saturated heterocycles. The number of methoxy groups -OCH3 is 2. The molecule has 5 heteroatoms. The minimum absolute atomic E-state index is 0.0278. The first-order chi connectivity index (χ1) is 7.22. The molecule has 0 aliphatic heterocycles. The lowest BCUT2D eigenvalue weighted by atomic mass is 10.2. The molecule has 0 aliphatic carbocycles. The van der Waals surface area contributed by atoms with Gasteiger partial charge in [-0.1, -0.05) is 0 Å². The van der Waals surface area contributed by atoms with E-state index in [0.29, 0.717) is 11.5 Å². The molecular weight excluding hydrogens is 280 g/mol. The Hall–Kier alpha value is -0.390. The Morgan fingerprint density at radius 3 is 1.87 bits per heavy atom. The first-order valence-corrected chi connectivity index (χ1v) is 5.87. The molecule has 0 fully saturated rings. The Balaban J connectivity index is 0.000000921.